The minimum absolute atomic E-state index is 0.528. The molecule has 23 heavy (non-hydrogen) atoms. The van der Waals surface area contributed by atoms with Gasteiger partial charge in [-0.2, -0.15) is 16.0 Å². The van der Waals surface area contributed by atoms with E-state index >= 15 is 0 Å². The minimum atomic E-state index is -0.528. The van der Waals surface area contributed by atoms with Crippen LogP contribution in [0.1, 0.15) is 16.8 Å². The van der Waals surface area contributed by atoms with Gasteiger partial charge in [-0.25, -0.2) is 0 Å². The third kappa shape index (κ3) is 2.69. The third-order valence-electron chi connectivity index (χ3n) is 4.06. The van der Waals surface area contributed by atoms with Crippen LogP contribution in [0.15, 0.2) is 58.7 Å². The average Bonchev–Trinajstić information content (AvgIpc) is 3.13. The Bertz CT molecular complexity index is 928. The van der Waals surface area contributed by atoms with Crippen molar-refractivity contribution >= 4 is 44.0 Å². The minimum Gasteiger partial charge on any atom is -0.353 e. The number of thiol groups is 1. The summed E-state index contributed by atoms with van der Waals surface area (Å²) in [4.78, 5) is 3.50. The summed E-state index contributed by atoms with van der Waals surface area (Å²) in [6, 6.07) is 16.4. The van der Waals surface area contributed by atoms with E-state index in [1.54, 1.807) is 0 Å². The number of fused-ring (bicyclic) bond motifs is 1. The highest BCUT2D eigenvalue weighted by Gasteiger charge is 2.21. The monoisotopic (exact) mass is 341 g/mol. The normalized spacial score (nSPS) is 18.5. The van der Waals surface area contributed by atoms with Crippen LogP contribution in [0.5, 0.6) is 0 Å². The quantitative estimate of drug-likeness (QED) is 0.627. The van der Waals surface area contributed by atoms with Crippen LogP contribution in [0.3, 0.4) is 0 Å². The van der Waals surface area contributed by atoms with Gasteiger partial charge in [-0.15, -0.1) is 5.10 Å². The summed E-state index contributed by atoms with van der Waals surface area (Å²) in [7, 11) is -0.528. The molecule has 3 nitrogen and oxygen atoms in total. The van der Waals surface area contributed by atoms with Crippen molar-refractivity contribution in [2.24, 2.45) is 10.2 Å². The maximum absolute atomic E-state index is 6.13. The second-order valence-electron chi connectivity index (χ2n) is 5.58. The molecule has 1 unspecified atom stereocenters. The summed E-state index contributed by atoms with van der Waals surface area (Å²) < 4.78 is 0. The fraction of sp³-hybridized carbons (Fsp3) is 0.111. The van der Waals surface area contributed by atoms with Gasteiger partial charge in [-0.1, -0.05) is 41.9 Å². The molecule has 2 heterocycles. The fourth-order valence-corrected chi connectivity index (χ4v) is 4.84. The Balaban J connectivity index is 1.71. The van der Waals surface area contributed by atoms with E-state index in [-0.39, 0.29) is 0 Å². The van der Waals surface area contributed by atoms with E-state index in [1.807, 2.05) is 29.8 Å². The molecule has 2 aromatic carbocycles. The number of hydrogen-bond donors (Lipinski definition) is 2. The summed E-state index contributed by atoms with van der Waals surface area (Å²) in [5.41, 5.74) is 6.67. The zero-order chi connectivity index (χ0) is 15.8. The number of aromatic amines is 1. The number of nitrogens with zero attached hydrogens (tertiary/aromatic N) is 2. The van der Waals surface area contributed by atoms with Crippen molar-refractivity contribution in [2.75, 3.05) is 0 Å². The molecule has 3 aromatic rings. The van der Waals surface area contributed by atoms with Gasteiger partial charge in [0.25, 0.3) is 0 Å². The van der Waals surface area contributed by atoms with Gasteiger partial charge in [0, 0.05) is 21.7 Å². The molecule has 1 N–H and O–H groups in total. The summed E-state index contributed by atoms with van der Waals surface area (Å²) >= 11 is 6.13. The summed E-state index contributed by atoms with van der Waals surface area (Å²) in [6.07, 6.45) is 0. The van der Waals surface area contributed by atoms with Crippen LogP contribution in [0, 0.1) is 6.92 Å². The van der Waals surface area contributed by atoms with Gasteiger partial charge in [-0.05, 0) is 36.2 Å². The Labute approximate surface area is 142 Å². The van der Waals surface area contributed by atoms with E-state index in [0.717, 1.165) is 32.4 Å². The van der Waals surface area contributed by atoms with E-state index in [9.17, 15) is 0 Å². The second kappa shape index (κ2) is 5.87. The third-order valence-corrected chi connectivity index (χ3v) is 6.24. The largest absolute Gasteiger partial charge is 0.353 e. The van der Waals surface area contributed by atoms with Crippen molar-refractivity contribution in [2.45, 2.75) is 12.7 Å². The van der Waals surface area contributed by atoms with Gasteiger partial charge in [0.2, 0.25) is 0 Å². The van der Waals surface area contributed by atoms with Crippen LogP contribution in [-0.2, 0) is 5.75 Å². The lowest BCUT2D eigenvalue weighted by Crippen LogP contribution is -2.04. The lowest BCUT2D eigenvalue weighted by molar-refractivity contribution is 1.26. The van der Waals surface area contributed by atoms with E-state index in [0.29, 0.717) is 0 Å². The summed E-state index contributed by atoms with van der Waals surface area (Å²) in [5.74, 6) is 0.966. The Hall–Kier alpha value is -2.04. The first-order valence-electron chi connectivity index (χ1n) is 7.42. The lowest BCUT2D eigenvalue weighted by Gasteiger charge is -2.14. The van der Waals surface area contributed by atoms with Crippen molar-refractivity contribution in [1.29, 1.82) is 0 Å². The molecule has 0 radical (unpaired) electrons. The Kier molecular flexibility index (Phi) is 3.71. The smallest absolute Gasteiger partial charge is 0.128 e. The van der Waals surface area contributed by atoms with E-state index in [4.69, 9.17) is 11.6 Å². The maximum Gasteiger partial charge on any atom is 0.128 e. The SMILES string of the molecule is Cc1c(C2=NN=C[SH]2Cc2ccccc2)[nH]c2ccc(Cl)cc12. The first kappa shape index (κ1) is 14.5. The average molecular weight is 342 g/mol. The van der Waals surface area contributed by atoms with Crippen molar-refractivity contribution in [3.8, 4) is 0 Å². The molecule has 5 heteroatoms. The highest BCUT2D eigenvalue weighted by Crippen LogP contribution is 2.38. The van der Waals surface area contributed by atoms with E-state index < -0.39 is 10.9 Å². The topological polar surface area (TPSA) is 40.5 Å². The van der Waals surface area contributed by atoms with Crippen LogP contribution < -0.4 is 0 Å². The van der Waals surface area contributed by atoms with Crippen LogP contribution in [-0.4, -0.2) is 15.6 Å². The summed E-state index contributed by atoms with van der Waals surface area (Å²) in [5, 5.41) is 11.6. The van der Waals surface area contributed by atoms with Crippen molar-refractivity contribution in [3.63, 3.8) is 0 Å². The van der Waals surface area contributed by atoms with E-state index in [2.05, 4.69) is 46.4 Å². The molecule has 0 amide bonds. The number of halogens is 1. The van der Waals surface area contributed by atoms with Crippen molar-refractivity contribution < 1.29 is 0 Å². The Morgan fingerprint density at radius 1 is 1.13 bits per heavy atom. The number of benzene rings is 2. The van der Waals surface area contributed by atoms with Gasteiger partial charge in [0.15, 0.2) is 0 Å². The molecule has 1 aromatic heterocycles. The van der Waals surface area contributed by atoms with E-state index in [1.165, 1.54) is 11.1 Å². The molecule has 0 bridgehead atoms. The summed E-state index contributed by atoms with van der Waals surface area (Å²) in [6.45, 7) is 2.11. The van der Waals surface area contributed by atoms with Crippen LogP contribution in [0.25, 0.3) is 10.9 Å². The lowest BCUT2D eigenvalue weighted by atomic mass is 10.1. The van der Waals surface area contributed by atoms with Gasteiger partial charge in [-0.3, -0.25) is 0 Å². The molecular weight excluding hydrogens is 326 g/mol. The molecule has 0 aliphatic carbocycles. The molecule has 0 saturated carbocycles. The van der Waals surface area contributed by atoms with Crippen molar-refractivity contribution in [3.05, 3.63) is 70.4 Å². The number of aryl methyl sites for hydroxylation is 1. The maximum atomic E-state index is 6.13. The highest BCUT2D eigenvalue weighted by molar-refractivity contribution is 8.40. The number of rotatable bonds is 3. The second-order valence-corrected chi connectivity index (χ2v) is 7.93. The van der Waals surface area contributed by atoms with Gasteiger partial charge < -0.3 is 4.98 Å². The van der Waals surface area contributed by atoms with Gasteiger partial charge >= 0.3 is 0 Å². The number of H-pyrrole nitrogens is 1. The molecule has 4 rings (SSSR count). The molecule has 1 aliphatic heterocycles. The fourth-order valence-electron chi connectivity index (χ4n) is 2.87. The molecule has 1 atom stereocenters. The molecule has 0 spiro atoms. The molecule has 1 aliphatic rings. The standard InChI is InChI=1S/C18H16ClN3S/c1-12-15-9-14(19)7-8-16(15)21-17(12)18-22-20-11-23(18)10-13-5-3-2-4-6-13/h2-9,11,21,23H,10H2,1H3. The van der Waals surface area contributed by atoms with Crippen LogP contribution >= 0.6 is 22.5 Å². The Morgan fingerprint density at radius 2 is 1.96 bits per heavy atom. The molecule has 116 valence electrons. The highest BCUT2D eigenvalue weighted by atomic mass is 35.5. The number of nitrogens with one attached hydrogen (secondary N) is 1. The van der Waals surface area contributed by atoms with Crippen molar-refractivity contribution in [1.82, 2.24) is 4.98 Å². The first-order valence-corrected chi connectivity index (χ1v) is 9.40. The molecule has 0 saturated heterocycles. The zero-order valence-corrected chi connectivity index (χ0v) is 14.3. The van der Waals surface area contributed by atoms with Gasteiger partial charge in [0.05, 0.1) is 11.2 Å². The molecular formula is C18H16ClN3S. The van der Waals surface area contributed by atoms with Gasteiger partial charge in [0.1, 0.15) is 5.04 Å². The zero-order valence-electron chi connectivity index (χ0n) is 12.6. The number of aromatic nitrogens is 1. The van der Waals surface area contributed by atoms with Crippen LogP contribution in [0.2, 0.25) is 5.02 Å². The number of hydrogen-bond acceptors (Lipinski definition) is 2. The first-order chi connectivity index (χ1) is 11.2. The predicted octanol–water partition coefficient (Wildman–Crippen LogP) is 5.03. The Morgan fingerprint density at radius 3 is 2.78 bits per heavy atom. The van der Waals surface area contributed by atoms with Crippen LogP contribution in [0.4, 0.5) is 0 Å². The molecule has 0 fully saturated rings. The predicted molar refractivity (Wildman–Crippen MR) is 102 cm³/mol.